The van der Waals surface area contributed by atoms with Crippen LogP contribution in [0.15, 0.2) is 0 Å². The summed E-state index contributed by atoms with van der Waals surface area (Å²) in [5.41, 5.74) is 0. The molecule has 1 saturated heterocycles. The van der Waals surface area contributed by atoms with Gasteiger partial charge in [-0.1, -0.05) is 6.92 Å². The fourth-order valence-electron chi connectivity index (χ4n) is 1.84. The van der Waals surface area contributed by atoms with E-state index >= 15 is 0 Å². The van der Waals surface area contributed by atoms with Gasteiger partial charge in [0.25, 0.3) is 0 Å². The average Bonchev–Trinajstić information content (AvgIpc) is 2.79. The number of nitrogens with one attached hydrogen (secondary N) is 1. The minimum absolute atomic E-state index is 0.00401. The maximum absolute atomic E-state index is 11.6. The van der Waals surface area contributed by atoms with Crippen LogP contribution in [0.25, 0.3) is 0 Å². The first kappa shape index (κ1) is 14.0. The molecule has 0 bridgehead atoms. The molecule has 0 aromatic heterocycles. The van der Waals surface area contributed by atoms with Gasteiger partial charge in [-0.2, -0.15) is 0 Å². The van der Waals surface area contributed by atoms with Crippen molar-refractivity contribution in [3.63, 3.8) is 0 Å². The molecule has 0 aromatic rings. The van der Waals surface area contributed by atoms with Gasteiger partial charge >= 0.3 is 5.97 Å². The molecule has 1 heterocycles. The van der Waals surface area contributed by atoms with Crippen LogP contribution in [-0.4, -0.2) is 36.7 Å². The molecule has 5 heteroatoms. The topological polar surface area (TPSA) is 75.6 Å². The molecular formula is C12H21NO4. The Bertz CT molecular complexity index is 261. The molecule has 0 saturated carbocycles. The first-order chi connectivity index (χ1) is 8.09. The third-order valence-corrected chi connectivity index (χ3v) is 3.09. The van der Waals surface area contributed by atoms with Crippen LogP contribution in [0, 0.1) is 11.8 Å². The van der Waals surface area contributed by atoms with E-state index in [1.807, 2.05) is 6.92 Å². The lowest BCUT2D eigenvalue weighted by Crippen LogP contribution is -2.32. The Labute approximate surface area is 102 Å². The average molecular weight is 243 g/mol. The maximum atomic E-state index is 11.6. The maximum Gasteiger partial charge on any atom is 0.303 e. The number of carbonyl (C=O) groups is 2. The fraction of sp³-hybridized carbons (Fsp3) is 0.833. The smallest absolute Gasteiger partial charge is 0.303 e. The van der Waals surface area contributed by atoms with Crippen LogP contribution in [0.1, 0.15) is 32.6 Å². The summed E-state index contributed by atoms with van der Waals surface area (Å²) in [5, 5.41) is 11.4. The standard InChI is InChI=1S/C12H21NO4/c1-9(2-3-11(14)15)4-6-13-12(16)10-5-7-17-8-10/h9-10H,2-8H2,1H3,(H,13,16)(H,14,15). The van der Waals surface area contributed by atoms with Crippen molar-refractivity contribution < 1.29 is 19.4 Å². The number of aliphatic carboxylic acids is 1. The van der Waals surface area contributed by atoms with Gasteiger partial charge < -0.3 is 15.2 Å². The molecule has 98 valence electrons. The van der Waals surface area contributed by atoms with E-state index in [0.717, 1.165) is 12.8 Å². The van der Waals surface area contributed by atoms with E-state index in [2.05, 4.69) is 5.32 Å². The van der Waals surface area contributed by atoms with Gasteiger partial charge in [0, 0.05) is 19.6 Å². The number of hydrogen-bond acceptors (Lipinski definition) is 3. The summed E-state index contributed by atoms with van der Waals surface area (Å²) in [6, 6.07) is 0. The molecule has 0 spiro atoms. The summed E-state index contributed by atoms with van der Waals surface area (Å²) < 4.78 is 5.14. The number of hydrogen-bond donors (Lipinski definition) is 2. The van der Waals surface area contributed by atoms with Gasteiger partial charge in [-0.3, -0.25) is 9.59 Å². The summed E-state index contributed by atoms with van der Waals surface area (Å²) in [7, 11) is 0. The lowest BCUT2D eigenvalue weighted by Gasteiger charge is -2.12. The van der Waals surface area contributed by atoms with Crippen molar-refractivity contribution in [1.29, 1.82) is 0 Å². The minimum atomic E-state index is -0.760. The number of carboxylic acid groups (broad SMARTS) is 1. The van der Waals surface area contributed by atoms with E-state index < -0.39 is 5.97 Å². The molecule has 1 amide bonds. The third-order valence-electron chi connectivity index (χ3n) is 3.09. The van der Waals surface area contributed by atoms with Crippen molar-refractivity contribution in [2.45, 2.75) is 32.6 Å². The summed E-state index contributed by atoms with van der Waals surface area (Å²) >= 11 is 0. The van der Waals surface area contributed by atoms with Crippen LogP contribution in [0.2, 0.25) is 0 Å². The Kier molecular flexibility index (Phi) is 5.97. The van der Waals surface area contributed by atoms with E-state index in [0.29, 0.717) is 32.1 Å². The van der Waals surface area contributed by atoms with Crippen LogP contribution in [0.4, 0.5) is 0 Å². The molecule has 5 nitrogen and oxygen atoms in total. The number of ether oxygens (including phenoxy) is 1. The van der Waals surface area contributed by atoms with Gasteiger partial charge in [-0.15, -0.1) is 0 Å². The fourth-order valence-corrected chi connectivity index (χ4v) is 1.84. The largest absolute Gasteiger partial charge is 0.481 e. The number of carboxylic acids is 1. The summed E-state index contributed by atoms with van der Waals surface area (Å²) in [4.78, 5) is 22.0. The molecule has 2 atom stereocenters. The first-order valence-corrected chi connectivity index (χ1v) is 6.17. The van der Waals surface area contributed by atoms with Gasteiger partial charge in [0.1, 0.15) is 0 Å². The summed E-state index contributed by atoms with van der Waals surface area (Å²) in [5.74, 6) is -0.368. The van der Waals surface area contributed by atoms with Crippen LogP contribution in [0.3, 0.4) is 0 Å². The molecule has 0 aliphatic carbocycles. The Balaban J connectivity index is 2.06. The molecular weight excluding hydrogens is 222 g/mol. The van der Waals surface area contributed by atoms with E-state index in [4.69, 9.17) is 9.84 Å². The highest BCUT2D eigenvalue weighted by Gasteiger charge is 2.22. The van der Waals surface area contributed by atoms with Crippen molar-refractivity contribution in [2.75, 3.05) is 19.8 Å². The highest BCUT2D eigenvalue weighted by molar-refractivity contribution is 5.78. The monoisotopic (exact) mass is 243 g/mol. The zero-order valence-electron chi connectivity index (χ0n) is 10.3. The van der Waals surface area contributed by atoms with Crippen LogP contribution < -0.4 is 5.32 Å². The van der Waals surface area contributed by atoms with Gasteiger partial charge in [-0.05, 0) is 25.2 Å². The Morgan fingerprint density at radius 1 is 1.47 bits per heavy atom. The van der Waals surface area contributed by atoms with Crippen molar-refractivity contribution >= 4 is 11.9 Å². The van der Waals surface area contributed by atoms with Crippen molar-refractivity contribution in [2.24, 2.45) is 11.8 Å². The first-order valence-electron chi connectivity index (χ1n) is 6.17. The highest BCUT2D eigenvalue weighted by Crippen LogP contribution is 2.13. The molecule has 17 heavy (non-hydrogen) atoms. The van der Waals surface area contributed by atoms with E-state index in [9.17, 15) is 9.59 Å². The van der Waals surface area contributed by atoms with E-state index in [1.165, 1.54) is 0 Å². The predicted molar refractivity (Wildman–Crippen MR) is 62.6 cm³/mol. The molecule has 0 radical (unpaired) electrons. The quantitative estimate of drug-likeness (QED) is 0.700. The number of rotatable bonds is 7. The van der Waals surface area contributed by atoms with Crippen LogP contribution >= 0.6 is 0 Å². The van der Waals surface area contributed by atoms with E-state index in [-0.39, 0.29) is 18.2 Å². The second-order valence-corrected chi connectivity index (χ2v) is 4.68. The number of carbonyl (C=O) groups excluding carboxylic acids is 1. The second kappa shape index (κ2) is 7.27. The van der Waals surface area contributed by atoms with Crippen molar-refractivity contribution in [1.82, 2.24) is 5.32 Å². The molecule has 0 aromatic carbocycles. The zero-order chi connectivity index (χ0) is 12.7. The third kappa shape index (κ3) is 5.68. The molecule has 2 N–H and O–H groups in total. The summed E-state index contributed by atoms with van der Waals surface area (Å²) in [6.45, 7) is 3.83. The van der Waals surface area contributed by atoms with Crippen molar-refractivity contribution in [3.8, 4) is 0 Å². The minimum Gasteiger partial charge on any atom is -0.481 e. The van der Waals surface area contributed by atoms with Crippen LogP contribution in [0.5, 0.6) is 0 Å². The molecule has 1 aliphatic heterocycles. The highest BCUT2D eigenvalue weighted by atomic mass is 16.5. The Hall–Kier alpha value is -1.10. The lowest BCUT2D eigenvalue weighted by atomic mass is 10.0. The predicted octanol–water partition coefficient (Wildman–Crippen LogP) is 1.03. The number of amides is 1. The second-order valence-electron chi connectivity index (χ2n) is 4.68. The zero-order valence-corrected chi connectivity index (χ0v) is 10.3. The van der Waals surface area contributed by atoms with Crippen molar-refractivity contribution in [3.05, 3.63) is 0 Å². The molecule has 1 rings (SSSR count). The van der Waals surface area contributed by atoms with Gasteiger partial charge in [0.15, 0.2) is 0 Å². The van der Waals surface area contributed by atoms with Gasteiger partial charge in [0.05, 0.1) is 12.5 Å². The molecule has 1 fully saturated rings. The van der Waals surface area contributed by atoms with Crippen LogP contribution in [-0.2, 0) is 14.3 Å². The Morgan fingerprint density at radius 3 is 2.82 bits per heavy atom. The molecule has 1 aliphatic rings. The Morgan fingerprint density at radius 2 is 2.24 bits per heavy atom. The van der Waals surface area contributed by atoms with Gasteiger partial charge in [0.2, 0.25) is 5.91 Å². The lowest BCUT2D eigenvalue weighted by molar-refractivity contribution is -0.137. The molecule has 2 unspecified atom stereocenters. The normalized spacial score (nSPS) is 21.1. The van der Waals surface area contributed by atoms with E-state index in [1.54, 1.807) is 0 Å². The SMILES string of the molecule is CC(CCNC(=O)C1CCOC1)CCC(=O)O. The summed E-state index contributed by atoms with van der Waals surface area (Å²) in [6.07, 6.45) is 2.50. The van der Waals surface area contributed by atoms with Gasteiger partial charge in [-0.25, -0.2) is 0 Å².